The summed E-state index contributed by atoms with van der Waals surface area (Å²) in [6.45, 7) is 5.27. The summed E-state index contributed by atoms with van der Waals surface area (Å²) in [6, 6.07) is 9.39. The number of nitro groups is 1. The van der Waals surface area contributed by atoms with Gasteiger partial charge in [0.2, 0.25) is 5.54 Å². The summed E-state index contributed by atoms with van der Waals surface area (Å²) in [4.78, 5) is 23.4. The zero-order valence-electron chi connectivity index (χ0n) is 11.0. The molecule has 0 radical (unpaired) electrons. The van der Waals surface area contributed by atoms with E-state index in [2.05, 4.69) is 6.58 Å². The Balaban J connectivity index is 2.48. The van der Waals surface area contributed by atoms with Gasteiger partial charge in [-0.25, -0.2) is 0 Å². The summed E-state index contributed by atoms with van der Waals surface area (Å²) in [7, 11) is 0. The maximum Gasteiger partial charge on any atom is 0.236 e. The summed E-state index contributed by atoms with van der Waals surface area (Å²) < 4.78 is 0. The number of hydrogen-bond acceptors (Lipinski definition) is 3. The Kier molecular flexibility index (Phi) is 3.27. The number of Topliss-reactive ketones (excluding diaryl/α,β-unsaturated/α-hetero) is 1. The van der Waals surface area contributed by atoms with Crippen molar-refractivity contribution in [3.63, 3.8) is 0 Å². The van der Waals surface area contributed by atoms with Crippen LogP contribution in [0.1, 0.15) is 25.3 Å². The van der Waals surface area contributed by atoms with Crippen LogP contribution in [-0.2, 0) is 11.2 Å². The molecule has 2 atom stereocenters. The first-order chi connectivity index (χ1) is 8.96. The number of carbonyl (C=O) groups is 1. The monoisotopic (exact) mass is 259 g/mol. The molecular weight excluding hydrogens is 242 g/mol. The van der Waals surface area contributed by atoms with Gasteiger partial charge >= 0.3 is 0 Å². The van der Waals surface area contributed by atoms with Crippen molar-refractivity contribution < 1.29 is 9.72 Å². The number of hydrogen-bond donors (Lipinski definition) is 0. The van der Waals surface area contributed by atoms with E-state index in [0.29, 0.717) is 6.42 Å². The summed E-state index contributed by atoms with van der Waals surface area (Å²) in [5.41, 5.74) is -1.44. The standard InChI is InChI=1S/C15H17NO3/c1-3-15(11-12-7-5-4-6-8-12)13(17)9-10-14(15,2)16(18)19/h3-8H,1,9-11H2,2H3/t14-,15-/m1/s1. The molecule has 1 aromatic rings. The molecule has 100 valence electrons. The minimum absolute atomic E-state index is 0.0782. The minimum Gasteiger partial charge on any atom is -0.298 e. The minimum atomic E-state index is -1.26. The van der Waals surface area contributed by atoms with Crippen molar-refractivity contribution in [3.05, 3.63) is 58.7 Å². The normalized spacial score (nSPS) is 30.3. The van der Waals surface area contributed by atoms with E-state index >= 15 is 0 Å². The molecule has 1 aliphatic rings. The van der Waals surface area contributed by atoms with E-state index in [0.717, 1.165) is 5.56 Å². The fourth-order valence-electron chi connectivity index (χ4n) is 2.97. The van der Waals surface area contributed by atoms with Gasteiger partial charge in [-0.2, -0.15) is 0 Å². The van der Waals surface area contributed by atoms with Gasteiger partial charge in [0.05, 0.1) is 0 Å². The second-order valence-electron chi connectivity index (χ2n) is 5.29. The largest absolute Gasteiger partial charge is 0.298 e. The third-order valence-corrected chi connectivity index (χ3v) is 4.37. The lowest BCUT2D eigenvalue weighted by molar-refractivity contribution is -0.577. The molecule has 1 saturated carbocycles. The fourth-order valence-corrected chi connectivity index (χ4v) is 2.97. The van der Waals surface area contributed by atoms with E-state index in [1.807, 2.05) is 30.3 Å². The highest BCUT2D eigenvalue weighted by molar-refractivity contribution is 5.91. The molecule has 0 aliphatic heterocycles. The van der Waals surface area contributed by atoms with Crippen LogP contribution in [0.2, 0.25) is 0 Å². The van der Waals surface area contributed by atoms with E-state index in [9.17, 15) is 14.9 Å². The lowest BCUT2D eigenvalue weighted by Crippen LogP contribution is -2.51. The molecule has 19 heavy (non-hydrogen) atoms. The van der Waals surface area contributed by atoms with Gasteiger partial charge in [0.15, 0.2) is 5.78 Å². The molecule has 0 amide bonds. The van der Waals surface area contributed by atoms with Crippen molar-refractivity contribution in [1.29, 1.82) is 0 Å². The molecule has 2 rings (SSSR count). The summed E-state index contributed by atoms with van der Waals surface area (Å²) in [5.74, 6) is -0.0782. The predicted octanol–water partition coefficient (Wildman–Crippen LogP) is 2.80. The molecule has 1 aliphatic carbocycles. The van der Waals surface area contributed by atoms with Gasteiger partial charge in [0.1, 0.15) is 5.41 Å². The summed E-state index contributed by atoms with van der Waals surface area (Å²) in [6.07, 6.45) is 2.35. The average Bonchev–Trinajstić information content (AvgIpc) is 2.66. The molecule has 4 nitrogen and oxygen atoms in total. The zero-order chi connectivity index (χ0) is 14.1. The van der Waals surface area contributed by atoms with Crippen LogP contribution in [0, 0.1) is 15.5 Å². The molecular formula is C15H17NO3. The number of carbonyl (C=O) groups excluding carboxylic acids is 1. The van der Waals surface area contributed by atoms with Crippen LogP contribution < -0.4 is 0 Å². The molecule has 0 aromatic heterocycles. The maximum atomic E-state index is 12.3. The van der Waals surface area contributed by atoms with Crippen LogP contribution in [-0.4, -0.2) is 16.2 Å². The van der Waals surface area contributed by atoms with Gasteiger partial charge in [0, 0.05) is 24.7 Å². The van der Waals surface area contributed by atoms with Crippen molar-refractivity contribution in [2.45, 2.75) is 31.7 Å². The smallest absolute Gasteiger partial charge is 0.236 e. The predicted molar refractivity (Wildman–Crippen MR) is 72.4 cm³/mol. The van der Waals surface area contributed by atoms with Crippen molar-refractivity contribution in [3.8, 4) is 0 Å². The SMILES string of the molecule is C=C[C@@]1(Cc2ccccc2)C(=O)CC[C@@]1(C)[N+](=O)[O-]. The van der Waals surface area contributed by atoms with Crippen molar-refractivity contribution in [1.82, 2.24) is 0 Å². The fraction of sp³-hybridized carbons (Fsp3) is 0.400. The third kappa shape index (κ3) is 1.87. The highest BCUT2D eigenvalue weighted by Gasteiger charge is 2.64. The molecule has 1 aromatic carbocycles. The Morgan fingerprint density at radius 3 is 2.58 bits per heavy atom. The first kappa shape index (κ1) is 13.5. The molecule has 0 saturated heterocycles. The topological polar surface area (TPSA) is 60.2 Å². The Hall–Kier alpha value is -1.97. The highest BCUT2D eigenvalue weighted by Crippen LogP contribution is 2.48. The molecule has 1 fully saturated rings. The lowest BCUT2D eigenvalue weighted by atomic mass is 9.69. The van der Waals surface area contributed by atoms with Gasteiger partial charge in [-0.1, -0.05) is 36.4 Å². The summed E-state index contributed by atoms with van der Waals surface area (Å²) in [5, 5.41) is 11.4. The van der Waals surface area contributed by atoms with E-state index in [-0.39, 0.29) is 23.5 Å². The molecule has 0 N–H and O–H groups in total. The molecule has 0 unspecified atom stereocenters. The van der Waals surface area contributed by atoms with Crippen molar-refractivity contribution in [2.75, 3.05) is 0 Å². The van der Waals surface area contributed by atoms with Gasteiger partial charge in [-0.3, -0.25) is 14.9 Å². The van der Waals surface area contributed by atoms with Crippen LogP contribution in [0.25, 0.3) is 0 Å². The van der Waals surface area contributed by atoms with E-state index < -0.39 is 11.0 Å². The van der Waals surface area contributed by atoms with Crippen LogP contribution in [0.5, 0.6) is 0 Å². The lowest BCUT2D eigenvalue weighted by Gasteiger charge is -2.33. The Morgan fingerprint density at radius 2 is 2.05 bits per heavy atom. The maximum absolute atomic E-state index is 12.3. The van der Waals surface area contributed by atoms with Gasteiger partial charge in [-0.05, 0) is 12.0 Å². The van der Waals surface area contributed by atoms with Gasteiger partial charge in [-0.15, -0.1) is 6.58 Å². The van der Waals surface area contributed by atoms with E-state index in [1.165, 1.54) is 6.08 Å². The Labute approximate surface area is 112 Å². The quantitative estimate of drug-likeness (QED) is 0.474. The Morgan fingerprint density at radius 1 is 1.42 bits per heavy atom. The zero-order valence-corrected chi connectivity index (χ0v) is 11.0. The average molecular weight is 259 g/mol. The van der Waals surface area contributed by atoms with Crippen LogP contribution in [0.4, 0.5) is 0 Å². The number of rotatable bonds is 4. The first-order valence-corrected chi connectivity index (χ1v) is 6.31. The molecule has 0 spiro atoms. The first-order valence-electron chi connectivity index (χ1n) is 6.31. The molecule has 0 bridgehead atoms. The summed E-state index contributed by atoms with van der Waals surface area (Å²) >= 11 is 0. The van der Waals surface area contributed by atoms with Gasteiger partial charge in [0.25, 0.3) is 0 Å². The van der Waals surface area contributed by atoms with Crippen molar-refractivity contribution >= 4 is 5.78 Å². The van der Waals surface area contributed by atoms with E-state index in [1.54, 1.807) is 6.92 Å². The van der Waals surface area contributed by atoms with Crippen LogP contribution in [0.15, 0.2) is 43.0 Å². The number of ketones is 1. The van der Waals surface area contributed by atoms with Crippen LogP contribution in [0.3, 0.4) is 0 Å². The van der Waals surface area contributed by atoms with Crippen molar-refractivity contribution in [2.24, 2.45) is 5.41 Å². The van der Waals surface area contributed by atoms with Crippen LogP contribution >= 0.6 is 0 Å². The molecule has 0 heterocycles. The second-order valence-corrected chi connectivity index (χ2v) is 5.29. The second kappa shape index (κ2) is 4.61. The van der Waals surface area contributed by atoms with E-state index in [4.69, 9.17) is 0 Å². The third-order valence-electron chi connectivity index (χ3n) is 4.37. The molecule has 4 heteroatoms. The highest BCUT2D eigenvalue weighted by atomic mass is 16.6. The Bertz CT molecular complexity index is 525. The van der Waals surface area contributed by atoms with Gasteiger partial charge < -0.3 is 0 Å². The number of benzene rings is 1. The number of nitrogens with zero attached hydrogens (tertiary/aromatic N) is 1.